The number of ether oxygens (including phenoxy) is 3. The maximum Gasteiger partial charge on any atom is 0.228 e. The van der Waals surface area contributed by atoms with E-state index >= 15 is 0 Å². The topological polar surface area (TPSA) is 98.9 Å². The highest BCUT2D eigenvalue weighted by Gasteiger charge is 2.47. The zero-order valence-corrected chi connectivity index (χ0v) is 28.3. The lowest BCUT2D eigenvalue weighted by Gasteiger charge is -2.46. The predicted molar refractivity (Wildman–Crippen MR) is 181 cm³/mol. The Hall–Kier alpha value is -3.99. The molecule has 0 saturated carbocycles. The second-order valence-electron chi connectivity index (χ2n) is 13.0. The van der Waals surface area contributed by atoms with Crippen LogP contribution in [0.5, 0.6) is 11.5 Å². The third-order valence-corrected chi connectivity index (χ3v) is 14.4. The van der Waals surface area contributed by atoms with Gasteiger partial charge in [-0.2, -0.15) is 0 Å². The molecule has 5 atom stereocenters. The van der Waals surface area contributed by atoms with Crippen molar-refractivity contribution >= 4 is 24.9 Å². The Morgan fingerprint density at radius 3 is 2.46 bits per heavy atom. The Kier molecular flexibility index (Phi) is 9.31. The van der Waals surface area contributed by atoms with E-state index in [1.54, 1.807) is 14.2 Å². The van der Waals surface area contributed by atoms with Gasteiger partial charge < -0.3 is 24.2 Å². The molecule has 4 aromatic rings. The Bertz CT molecular complexity index is 1640. The number of hydrogen-bond donors (Lipinski definition) is 1. The fourth-order valence-corrected chi connectivity index (χ4v) is 10.7. The first kappa shape index (κ1) is 32.0. The number of aromatic nitrogens is 3. The molecule has 2 unspecified atom stereocenters. The normalized spacial score (nSPS) is 20.8. The van der Waals surface area contributed by atoms with Crippen molar-refractivity contribution in [1.82, 2.24) is 15.0 Å². The van der Waals surface area contributed by atoms with E-state index in [9.17, 15) is 9.90 Å². The molecular weight excluding hydrogens is 597 g/mol. The summed E-state index contributed by atoms with van der Waals surface area (Å²) in [5.74, 6) is 1.62. The average molecular weight is 641 g/mol. The number of rotatable bonds is 12. The van der Waals surface area contributed by atoms with E-state index in [-0.39, 0.29) is 42.1 Å². The molecule has 9 nitrogen and oxygen atoms in total. The van der Waals surface area contributed by atoms with Crippen molar-refractivity contribution in [2.24, 2.45) is 5.92 Å². The minimum absolute atomic E-state index is 0.0401. The number of hydrogen-bond acceptors (Lipinski definition) is 7. The van der Waals surface area contributed by atoms with E-state index in [0.717, 1.165) is 47.0 Å². The summed E-state index contributed by atoms with van der Waals surface area (Å²) in [6.45, 7) is 8.40. The van der Waals surface area contributed by atoms with Crippen LogP contribution in [0.25, 0.3) is 0 Å². The summed E-state index contributed by atoms with van der Waals surface area (Å²) < 4.78 is 20.5. The monoisotopic (exact) mass is 640 g/mol. The molecule has 46 heavy (non-hydrogen) atoms. The third kappa shape index (κ3) is 6.09. The van der Waals surface area contributed by atoms with Gasteiger partial charge in [-0.15, -0.1) is 5.10 Å². The number of aliphatic hydroxyl groups excluding tert-OH is 1. The van der Waals surface area contributed by atoms with E-state index in [1.165, 1.54) is 5.19 Å². The first-order valence-electron chi connectivity index (χ1n) is 16.1. The van der Waals surface area contributed by atoms with Gasteiger partial charge in [-0.3, -0.25) is 9.48 Å². The van der Waals surface area contributed by atoms with Gasteiger partial charge in [0.2, 0.25) is 5.91 Å². The lowest BCUT2D eigenvalue weighted by atomic mass is 9.86. The van der Waals surface area contributed by atoms with Crippen molar-refractivity contribution in [2.75, 3.05) is 32.3 Å². The van der Waals surface area contributed by atoms with Crippen LogP contribution in [0.1, 0.15) is 48.6 Å². The molecule has 10 heteroatoms. The van der Waals surface area contributed by atoms with Crippen molar-refractivity contribution in [3.8, 4) is 11.5 Å². The molecule has 0 radical (unpaired) electrons. The molecule has 3 aromatic carbocycles. The number of aryl methyl sites for hydroxylation is 1. The second kappa shape index (κ2) is 13.4. The van der Waals surface area contributed by atoms with Gasteiger partial charge in [0.05, 0.1) is 39.5 Å². The minimum atomic E-state index is -2.19. The zero-order valence-electron chi connectivity index (χ0n) is 27.3. The summed E-state index contributed by atoms with van der Waals surface area (Å²) in [5, 5.41) is 20.5. The van der Waals surface area contributed by atoms with E-state index in [2.05, 4.69) is 48.5 Å². The number of amides is 1. The molecule has 0 aliphatic carbocycles. The van der Waals surface area contributed by atoms with Crippen LogP contribution in [0.2, 0.25) is 18.6 Å². The summed E-state index contributed by atoms with van der Waals surface area (Å²) in [5.41, 5.74) is 3.84. The minimum Gasteiger partial charge on any atom is -0.497 e. The van der Waals surface area contributed by atoms with Crippen LogP contribution in [0, 0.1) is 5.92 Å². The van der Waals surface area contributed by atoms with Gasteiger partial charge in [0.15, 0.2) is 0 Å². The van der Waals surface area contributed by atoms with Gasteiger partial charge in [-0.25, -0.2) is 0 Å². The van der Waals surface area contributed by atoms with Crippen LogP contribution < -0.4 is 19.6 Å². The number of β-lactam (4-membered cyclic amide) rings is 1. The first-order chi connectivity index (χ1) is 22.2. The molecule has 242 valence electrons. The van der Waals surface area contributed by atoms with Crippen molar-refractivity contribution in [3.63, 3.8) is 0 Å². The molecule has 1 amide bonds. The number of anilines is 1. The molecule has 0 bridgehead atoms. The van der Waals surface area contributed by atoms with Crippen LogP contribution in [0.15, 0.2) is 79.0 Å². The largest absolute Gasteiger partial charge is 0.497 e. The molecule has 2 aliphatic heterocycles. The lowest BCUT2D eigenvalue weighted by molar-refractivity contribution is -0.122. The fraction of sp³-hybridized carbons (Fsp3) is 0.417. The maximum absolute atomic E-state index is 12.2. The van der Waals surface area contributed by atoms with Crippen molar-refractivity contribution in [1.29, 1.82) is 0 Å². The molecule has 1 fully saturated rings. The molecular formula is C36H44N4O5Si. The van der Waals surface area contributed by atoms with Gasteiger partial charge in [0, 0.05) is 50.0 Å². The first-order valence-corrected chi connectivity index (χ1v) is 19.2. The highest BCUT2D eigenvalue weighted by atomic mass is 28.3. The standard InChI is InChI=1S/C36H44N4O5Si/c1-24-35(44-3)29-21-26(40-20-18-34(40)42)11-16-32(29)45-36(24)33(46(4,5)28-14-12-27(43-2)13-15-28)17-19-39-22-31(37-38-39)30(23-41)25-9-7-6-8-10-25/h6-16,21-22,24,30,33,35-36,41H,17-20,23H2,1-5H3/t24-,30?,33?,35-,36-/m0/s1. The quantitative estimate of drug-likeness (QED) is 0.166. The Morgan fingerprint density at radius 2 is 1.83 bits per heavy atom. The number of carbonyl (C=O) groups is 1. The van der Waals surface area contributed by atoms with Crippen molar-refractivity contribution in [2.45, 2.75) is 63.1 Å². The summed E-state index contributed by atoms with van der Waals surface area (Å²) in [6, 6.07) is 24.5. The fourth-order valence-electron chi connectivity index (χ4n) is 7.20. The zero-order chi connectivity index (χ0) is 32.4. The van der Waals surface area contributed by atoms with Crippen molar-refractivity contribution < 1.29 is 24.1 Å². The highest BCUT2D eigenvalue weighted by molar-refractivity contribution is 6.91. The van der Waals surface area contributed by atoms with Crippen LogP contribution in [-0.4, -0.2) is 67.6 Å². The number of carbonyl (C=O) groups excluding carboxylic acids is 1. The maximum atomic E-state index is 12.2. The van der Waals surface area contributed by atoms with E-state index in [0.29, 0.717) is 13.0 Å². The van der Waals surface area contributed by atoms with Crippen LogP contribution in [0.3, 0.4) is 0 Å². The smallest absolute Gasteiger partial charge is 0.228 e. The summed E-state index contributed by atoms with van der Waals surface area (Å²) in [7, 11) is 1.26. The molecule has 6 rings (SSSR count). The number of nitrogens with zero attached hydrogens (tertiary/aromatic N) is 4. The number of methoxy groups -OCH3 is 2. The van der Waals surface area contributed by atoms with Crippen molar-refractivity contribution in [3.05, 3.63) is 95.8 Å². The Balaban J connectivity index is 1.31. The van der Waals surface area contributed by atoms with Gasteiger partial charge in [0.1, 0.15) is 17.6 Å². The summed E-state index contributed by atoms with van der Waals surface area (Å²) >= 11 is 0. The number of benzene rings is 3. The SMILES string of the molecule is COc1ccc([Si](C)(C)C(CCn2cc(C(CO)c3ccccc3)nn2)[C@H]2Oc3ccc(N4CCC4=O)cc3[C@@H](OC)[C@@H]2C)cc1. The number of aliphatic hydroxyl groups is 1. The predicted octanol–water partition coefficient (Wildman–Crippen LogP) is 5.31. The van der Waals surface area contributed by atoms with Gasteiger partial charge >= 0.3 is 0 Å². The molecule has 1 aromatic heterocycles. The van der Waals surface area contributed by atoms with E-state index in [4.69, 9.17) is 14.2 Å². The molecule has 2 aliphatic rings. The Morgan fingerprint density at radius 1 is 1.07 bits per heavy atom. The molecule has 1 N–H and O–H groups in total. The van der Waals surface area contributed by atoms with E-state index in [1.807, 2.05) is 70.4 Å². The second-order valence-corrected chi connectivity index (χ2v) is 17.8. The molecule has 3 heterocycles. The van der Waals surface area contributed by atoms with E-state index < -0.39 is 8.07 Å². The molecule has 1 saturated heterocycles. The van der Waals surface area contributed by atoms with Crippen LogP contribution in [0.4, 0.5) is 5.69 Å². The van der Waals surface area contributed by atoms with Gasteiger partial charge in [-0.1, -0.05) is 72.9 Å². The third-order valence-electron chi connectivity index (χ3n) is 10.1. The van der Waals surface area contributed by atoms with Crippen LogP contribution in [-0.2, 0) is 16.1 Å². The summed E-state index contributed by atoms with van der Waals surface area (Å²) in [6.07, 6.45) is 3.08. The number of fused-ring (bicyclic) bond motifs is 1. The highest BCUT2D eigenvalue weighted by Crippen LogP contribution is 2.48. The van der Waals surface area contributed by atoms with Gasteiger partial charge in [0.25, 0.3) is 0 Å². The lowest BCUT2D eigenvalue weighted by Crippen LogP contribution is -2.54. The molecule has 0 spiro atoms. The average Bonchev–Trinajstić information content (AvgIpc) is 3.53. The summed E-state index contributed by atoms with van der Waals surface area (Å²) in [4.78, 5) is 14.0. The Labute approximate surface area is 272 Å². The van der Waals surface area contributed by atoms with Gasteiger partial charge in [-0.05, 0) is 47.9 Å². The van der Waals surface area contributed by atoms with Crippen LogP contribution >= 0.6 is 0 Å².